The standard InChI is InChI=1S/C44H89NO8P/c1-6-8-10-12-14-16-18-20-22-24-26-28-30-32-34-36-43(46)51-42-40-49-44(52-53(41-42)54(47,48)50-39-38-45(3,4)5)37-35-33-31-29-27-25-23-21-19-17-15-13-11-9-7-2/h42,44H,6-41H2,1-5H3/q+1/p+1/t42-,44-/m1/s1. The molecule has 0 aromatic rings. The fraction of sp³-hybridized carbons (Fsp3) is 0.977. The van der Waals surface area contributed by atoms with E-state index in [0.29, 0.717) is 23.9 Å². The molecule has 1 fully saturated rings. The first-order valence-corrected chi connectivity index (χ1v) is 24.5. The van der Waals surface area contributed by atoms with Gasteiger partial charge in [0.15, 0.2) is 6.10 Å². The molecule has 0 spiro atoms. The molecular formula is C44H90NO8P+2. The number of rotatable bonds is 38. The Hall–Kier alpha value is -0.540. The fourth-order valence-corrected chi connectivity index (χ4v) is 8.01. The van der Waals surface area contributed by atoms with Gasteiger partial charge in [0.1, 0.15) is 13.2 Å². The number of esters is 1. The molecule has 54 heavy (non-hydrogen) atoms. The molecule has 9 nitrogen and oxygen atoms in total. The molecule has 10 heteroatoms. The van der Waals surface area contributed by atoms with Crippen LogP contribution in [-0.4, -0.2) is 75.2 Å². The van der Waals surface area contributed by atoms with Crippen molar-refractivity contribution >= 4 is 13.8 Å². The van der Waals surface area contributed by atoms with Gasteiger partial charge < -0.3 is 14.0 Å². The first kappa shape index (κ1) is 51.5. The predicted octanol–water partition coefficient (Wildman–Crippen LogP) is 13.1. The van der Waals surface area contributed by atoms with Crippen LogP contribution < -0.4 is 0 Å². The average molecular weight is 792 g/mol. The maximum atomic E-state index is 13.3. The number of carbonyl (C=O) groups is 1. The van der Waals surface area contributed by atoms with Gasteiger partial charge in [0.2, 0.25) is 12.9 Å². The van der Waals surface area contributed by atoms with Crippen molar-refractivity contribution in [1.82, 2.24) is 0 Å². The number of quaternary nitrogens is 1. The summed E-state index contributed by atoms with van der Waals surface area (Å²) in [5, 5.41) is 0. The Labute approximate surface area is 334 Å². The molecule has 0 bridgehead atoms. The van der Waals surface area contributed by atoms with E-state index in [2.05, 4.69) is 13.8 Å². The van der Waals surface area contributed by atoms with Crippen molar-refractivity contribution in [3.8, 4) is 0 Å². The van der Waals surface area contributed by atoms with Gasteiger partial charge in [-0.15, -0.1) is 0 Å². The second kappa shape index (κ2) is 34.5. The first-order chi connectivity index (χ1) is 26.1. The number of ether oxygens (including phenoxy) is 2. The topological polar surface area (TPSA) is 94.0 Å². The second-order valence-corrected chi connectivity index (χ2v) is 18.8. The van der Waals surface area contributed by atoms with Crippen LogP contribution in [0, 0.1) is 0 Å². The van der Waals surface area contributed by atoms with Crippen LogP contribution in [0.25, 0.3) is 0 Å². The Morgan fingerprint density at radius 1 is 0.648 bits per heavy atom. The third kappa shape index (κ3) is 31.5. The summed E-state index contributed by atoms with van der Waals surface area (Å²) in [5.74, 6) is -0.307. The van der Waals surface area contributed by atoms with Crippen molar-refractivity contribution in [3.05, 3.63) is 0 Å². The quantitative estimate of drug-likeness (QED) is 0.0166. The number of unbranched alkanes of at least 4 members (excludes halogenated alkanes) is 28. The molecule has 1 aliphatic heterocycles. The summed E-state index contributed by atoms with van der Waals surface area (Å²) < 4.78 is 33.2. The highest BCUT2D eigenvalue weighted by atomic mass is 31.2. The molecule has 3 atom stereocenters. The summed E-state index contributed by atoms with van der Waals surface area (Å²) in [7, 11) is 1.61. The minimum Gasteiger partial charge on any atom is -0.451 e. The van der Waals surface area contributed by atoms with Crippen LogP contribution >= 0.6 is 7.82 Å². The van der Waals surface area contributed by atoms with E-state index in [0.717, 1.165) is 38.5 Å². The summed E-state index contributed by atoms with van der Waals surface area (Å²) in [5.41, 5.74) is 0. The second-order valence-electron chi connectivity index (χ2n) is 17.2. The van der Waals surface area contributed by atoms with Gasteiger partial charge in [-0.2, -0.15) is 8.87 Å². The summed E-state index contributed by atoms with van der Waals surface area (Å²) >= 11 is 0. The lowest BCUT2D eigenvalue weighted by Crippen LogP contribution is -2.37. The number of hydrogen-bond acceptors (Lipinski definition) is 6. The van der Waals surface area contributed by atoms with Gasteiger partial charge >= 0.3 is 13.8 Å². The Kier molecular flexibility index (Phi) is 32.9. The zero-order valence-electron chi connectivity index (χ0n) is 36.3. The lowest BCUT2D eigenvalue weighted by molar-refractivity contribution is -0.870. The third-order valence-corrected chi connectivity index (χ3v) is 11.9. The van der Waals surface area contributed by atoms with Gasteiger partial charge in [0, 0.05) is 12.8 Å². The van der Waals surface area contributed by atoms with Crippen LogP contribution in [0.4, 0.5) is 0 Å². The zero-order chi connectivity index (χ0) is 39.6. The molecule has 0 radical (unpaired) electrons. The molecule has 0 aromatic carbocycles. The number of carbonyl (C=O) groups excluding carboxylic acids is 1. The minimum atomic E-state index is -4.38. The van der Waals surface area contributed by atoms with Crippen molar-refractivity contribution in [3.63, 3.8) is 0 Å². The molecule has 322 valence electrons. The maximum absolute atomic E-state index is 13.3. The number of hydrogen-bond donors (Lipinski definition) is 1. The summed E-state index contributed by atoms with van der Waals surface area (Å²) in [4.78, 5) is 29.5. The largest absolute Gasteiger partial charge is 0.674 e. The lowest BCUT2D eigenvalue weighted by Gasteiger charge is -2.24. The summed E-state index contributed by atoms with van der Waals surface area (Å²) in [6.07, 6.45) is 37.8. The highest BCUT2D eigenvalue weighted by Gasteiger charge is 2.48. The molecule has 1 aliphatic rings. The minimum absolute atomic E-state index is 0.0817. The Bertz CT molecular complexity index is 900. The van der Waals surface area contributed by atoms with E-state index in [1.165, 1.54) is 154 Å². The van der Waals surface area contributed by atoms with E-state index < -0.39 is 20.2 Å². The molecule has 0 saturated carbocycles. The molecule has 1 saturated heterocycles. The smallest absolute Gasteiger partial charge is 0.451 e. The average Bonchev–Trinajstić information content (AvgIpc) is 3.33. The van der Waals surface area contributed by atoms with Gasteiger partial charge in [0.25, 0.3) is 0 Å². The molecule has 0 aliphatic carbocycles. The van der Waals surface area contributed by atoms with Crippen LogP contribution in [0.5, 0.6) is 0 Å². The first-order valence-electron chi connectivity index (χ1n) is 23.0. The molecule has 1 unspecified atom stereocenters. The van der Waals surface area contributed by atoms with Gasteiger partial charge in [-0.25, -0.2) is 4.52 Å². The van der Waals surface area contributed by atoms with Crippen LogP contribution in [0.3, 0.4) is 0 Å². The molecule has 1 rings (SSSR count). The van der Waals surface area contributed by atoms with Crippen molar-refractivity contribution in [2.45, 2.75) is 232 Å². The SMILES string of the molecule is CCCCCCCCCCCCCCCCCC(=O)O[C@@H]1CO[C@@H](CCCCCCCCCCCCCCCCC)O[O+](P(=O)(O)OCC[N+](C)(C)C)C1. The highest BCUT2D eigenvalue weighted by molar-refractivity contribution is 7.47. The summed E-state index contributed by atoms with van der Waals surface area (Å²) in [6, 6.07) is 0. The molecular weight excluding hydrogens is 701 g/mol. The molecule has 0 aromatic heterocycles. The van der Waals surface area contributed by atoms with E-state index in [1.807, 2.05) is 25.4 Å². The molecule has 1 heterocycles. The fourth-order valence-electron chi connectivity index (χ4n) is 7.02. The Morgan fingerprint density at radius 2 is 1.04 bits per heavy atom. The van der Waals surface area contributed by atoms with Crippen LogP contribution in [0.2, 0.25) is 0 Å². The maximum Gasteiger partial charge on any atom is 0.674 e. The molecule has 0 amide bonds. The van der Waals surface area contributed by atoms with Gasteiger partial charge in [0.05, 0.1) is 27.7 Å². The van der Waals surface area contributed by atoms with E-state index in [1.54, 1.807) is 0 Å². The normalized spacial score (nSPS) is 18.1. The van der Waals surface area contributed by atoms with Crippen molar-refractivity contribution in [2.75, 3.05) is 47.5 Å². The molecule has 1 N–H and O–H groups in total. The monoisotopic (exact) mass is 792 g/mol. The number of nitrogens with zero attached hydrogens (tertiary/aromatic N) is 1. The van der Waals surface area contributed by atoms with Gasteiger partial charge in [-0.1, -0.05) is 199 Å². The van der Waals surface area contributed by atoms with E-state index >= 15 is 0 Å². The van der Waals surface area contributed by atoms with Crippen LogP contribution in [0.1, 0.15) is 219 Å². The predicted molar refractivity (Wildman–Crippen MR) is 224 cm³/mol. The lowest BCUT2D eigenvalue weighted by atomic mass is 10.0. The van der Waals surface area contributed by atoms with Crippen LogP contribution in [-0.2, 0) is 32.5 Å². The highest BCUT2D eigenvalue weighted by Crippen LogP contribution is 2.52. The van der Waals surface area contributed by atoms with Crippen LogP contribution in [0.15, 0.2) is 0 Å². The number of likely N-dealkylation sites (N-methyl/N-ethyl adjacent to an activating group) is 1. The third-order valence-electron chi connectivity index (χ3n) is 10.6. The van der Waals surface area contributed by atoms with Crippen molar-refractivity contribution < 1.29 is 41.9 Å². The van der Waals surface area contributed by atoms with Crippen molar-refractivity contribution in [2.24, 2.45) is 0 Å². The van der Waals surface area contributed by atoms with E-state index in [4.69, 9.17) is 18.9 Å². The Morgan fingerprint density at radius 3 is 1.44 bits per heavy atom. The van der Waals surface area contributed by atoms with Crippen molar-refractivity contribution in [1.29, 1.82) is 0 Å². The summed E-state index contributed by atoms with van der Waals surface area (Å²) in [6.45, 7) is 5.13. The van der Waals surface area contributed by atoms with E-state index in [-0.39, 0.29) is 25.8 Å². The van der Waals surface area contributed by atoms with Gasteiger partial charge in [-0.05, 0) is 12.8 Å². The zero-order valence-corrected chi connectivity index (χ0v) is 37.2. The Balaban J connectivity index is 2.33. The van der Waals surface area contributed by atoms with Gasteiger partial charge in [-0.3, -0.25) is 9.69 Å². The van der Waals surface area contributed by atoms with E-state index in [9.17, 15) is 14.3 Å².